The summed E-state index contributed by atoms with van der Waals surface area (Å²) >= 11 is 0. The molecule has 0 aliphatic carbocycles. The third-order valence-electron chi connectivity index (χ3n) is 8.86. The van der Waals surface area contributed by atoms with Crippen LogP contribution in [-0.2, 0) is 38.5 Å². The number of phenolic OH excluding ortho intramolecular Hbond substituents is 2. The van der Waals surface area contributed by atoms with E-state index in [0.717, 1.165) is 92.1 Å². The molecule has 0 aliphatic heterocycles. The maximum absolute atomic E-state index is 9.67. The van der Waals surface area contributed by atoms with Gasteiger partial charge in [0, 0.05) is 6.21 Å². The molecule has 0 atom stereocenters. The summed E-state index contributed by atoms with van der Waals surface area (Å²) in [5.74, 6) is -0.0752. The van der Waals surface area contributed by atoms with Crippen LogP contribution in [-0.4, -0.2) is 22.1 Å². The molecular weight excluding hydrogens is 576 g/mol. The van der Waals surface area contributed by atoms with Crippen LogP contribution in [0.2, 0.25) is 0 Å². The van der Waals surface area contributed by atoms with E-state index in [-0.39, 0.29) is 11.5 Å². The number of benzene rings is 4. The Morgan fingerprint density at radius 3 is 1.77 bits per heavy atom. The second-order valence-corrected chi connectivity index (χ2v) is 12.5. The Morgan fingerprint density at radius 1 is 0.574 bits per heavy atom. The number of nitrogens with zero attached hydrogens (tertiary/aromatic N) is 2. The van der Waals surface area contributed by atoms with E-state index in [9.17, 15) is 10.2 Å². The summed E-state index contributed by atoms with van der Waals surface area (Å²) in [5.41, 5.74) is 11.4. The second kappa shape index (κ2) is 19.7. The molecule has 2 N–H and O–H groups in total. The van der Waals surface area contributed by atoms with Crippen LogP contribution in [0.15, 0.2) is 70.6 Å². The summed E-state index contributed by atoms with van der Waals surface area (Å²) in [5, 5.41) is 21.4. The molecule has 0 bridgehead atoms. The molecule has 0 saturated heterocycles. The Morgan fingerprint density at radius 2 is 1.17 bits per heavy atom. The standard InChI is InChI=1S/C26H36N2.C17H22O2/c1-6-11-12-26(28-25-16-14-21(8-3)23(10-5)18-25)19-27-24-15-13-20(7-2)22(9-4)17-24;1-3-5-7-12-8-13(6-4-2)15-11-17(19)16(18)10-14(15)9-12/h13-19H,6-12H2,1-5H3;8-11,18-19H,3-7H2,1-2H3. The van der Waals surface area contributed by atoms with Crippen LogP contribution in [0, 0.1) is 0 Å². The fraction of sp³-hybridized carbons (Fsp3) is 0.442. The summed E-state index contributed by atoms with van der Waals surface area (Å²) in [6, 6.07) is 20.9. The Labute approximate surface area is 284 Å². The van der Waals surface area contributed by atoms with Crippen molar-refractivity contribution in [2.75, 3.05) is 0 Å². The first kappa shape index (κ1) is 37.5. The SMILES string of the molecule is CCCCC(C=Nc1ccc(CC)c(CC)c1)=Nc1ccc(CC)c(CC)c1.CCCCc1cc(CCC)c2cc(O)c(O)cc2c1. The van der Waals surface area contributed by atoms with E-state index in [4.69, 9.17) is 9.98 Å². The highest BCUT2D eigenvalue weighted by Crippen LogP contribution is 2.33. The van der Waals surface area contributed by atoms with Gasteiger partial charge in [0.05, 0.1) is 17.1 Å². The molecule has 4 nitrogen and oxygen atoms in total. The van der Waals surface area contributed by atoms with Crippen molar-refractivity contribution >= 4 is 34.1 Å². The van der Waals surface area contributed by atoms with Crippen LogP contribution < -0.4 is 0 Å². The van der Waals surface area contributed by atoms with Gasteiger partial charge in [0.25, 0.3) is 0 Å². The van der Waals surface area contributed by atoms with Crippen molar-refractivity contribution in [1.29, 1.82) is 0 Å². The van der Waals surface area contributed by atoms with Gasteiger partial charge in [-0.1, -0.05) is 92.0 Å². The lowest BCUT2D eigenvalue weighted by Gasteiger charge is -2.11. The fourth-order valence-corrected chi connectivity index (χ4v) is 6.08. The van der Waals surface area contributed by atoms with E-state index in [2.05, 4.69) is 97.0 Å². The topological polar surface area (TPSA) is 65.2 Å². The number of aryl methyl sites for hydroxylation is 6. The normalized spacial score (nSPS) is 11.7. The van der Waals surface area contributed by atoms with Gasteiger partial charge in [0.1, 0.15) is 0 Å². The predicted octanol–water partition coefficient (Wildman–Crippen LogP) is 12.1. The van der Waals surface area contributed by atoms with Crippen molar-refractivity contribution in [1.82, 2.24) is 0 Å². The van der Waals surface area contributed by atoms with Crippen molar-refractivity contribution in [3.05, 3.63) is 94.0 Å². The predicted molar refractivity (Wildman–Crippen MR) is 205 cm³/mol. The Balaban J connectivity index is 0.000000274. The van der Waals surface area contributed by atoms with Crippen molar-refractivity contribution in [2.45, 2.75) is 126 Å². The first-order valence-corrected chi connectivity index (χ1v) is 18.1. The first-order valence-electron chi connectivity index (χ1n) is 18.1. The summed E-state index contributed by atoms with van der Waals surface area (Å²) < 4.78 is 0. The van der Waals surface area contributed by atoms with E-state index >= 15 is 0 Å². The summed E-state index contributed by atoms with van der Waals surface area (Å²) in [7, 11) is 0. The number of phenols is 2. The molecule has 0 unspecified atom stereocenters. The third-order valence-corrected chi connectivity index (χ3v) is 8.86. The summed E-state index contributed by atoms with van der Waals surface area (Å²) in [4.78, 5) is 9.70. The number of aliphatic imine (C=N–C) groups is 2. The highest BCUT2D eigenvalue weighted by molar-refractivity contribution is 6.31. The van der Waals surface area contributed by atoms with Gasteiger partial charge in [-0.3, -0.25) is 9.98 Å². The minimum Gasteiger partial charge on any atom is -0.504 e. The molecule has 4 rings (SSSR count). The molecule has 4 aromatic rings. The van der Waals surface area contributed by atoms with Crippen molar-refractivity contribution in [3.8, 4) is 11.5 Å². The maximum Gasteiger partial charge on any atom is 0.158 e. The van der Waals surface area contributed by atoms with Crippen LogP contribution in [0.1, 0.15) is 120 Å². The number of aromatic hydroxyl groups is 2. The second-order valence-electron chi connectivity index (χ2n) is 12.5. The zero-order chi connectivity index (χ0) is 34.2. The Kier molecular flexibility index (Phi) is 15.7. The highest BCUT2D eigenvalue weighted by Gasteiger charge is 2.09. The number of hydrogen-bond donors (Lipinski definition) is 2. The van der Waals surface area contributed by atoms with E-state index in [1.807, 2.05) is 6.21 Å². The van der Waals surface area contributed by atoms with E-state index in [0.29, 0.717) is 0 Å². The molecule has 0 spiro atoms. The zero-order valence-electron chi connectivity index (χ0n) is 30.1. The molecular formula is C43H58N2O2. The number of unbranched alkanes of at least 4 members (excludes halogenated alkanes) is 2. The van der Waals surface area contributed by atoms with E-state index in [1.54, 1.807) is 12.1 Å². The van der Waals surface area contributed by atoms with E-state index < -0.39 is 0 Å². The molecule has 0 fully saturated rings. The molecule has 4 heteroatoms. The minimum absolute atomic E-state index is 0.0360. The molecule has 0 saturated carbocycles. The maximum atomic E-state index is 9.67. The molecule has 0 radical (unpaired) electrons. The van der Waals surface area contributed by atoms with Crippen LogP contribution in [0.5, 0.6) is 11.5 Å². The smallest absolute Gasteiger partial charge is 0.158 e. The van der Waals surface area contributed by atoms with E-state index in [1.165, 1.54) is 46.2 Å². The van der Waals surface area contributed by atoms with Crippen LogP contribution in [0.25, 0.3) is 10.8 Å². The average molecular weight is 635 g/mol. The molecule has 4 aromatic carbocycles. The summed E-state index contributed by atoms with van der Waals surface area (Å²) in [6.07, 6.45) is 15.0. The number of fused-ring (bicyclic) bond motifs is 1. The lowest BCUT2D eigenvalue weighted by molar-refractivity contribution is 0.405. The molecule has 0 heterocycles. The zero-order valence-corrected chi connectivity index (χ0v) is 30.1. The van der Waals surface area contributed by atoms with Crippen LogP contribution >= 0.6 is 0 Å². The highest BCUT2D eigenvalue weighted by atomic mass is 16.3. The van der Waals surface area contributed by atoms with Gasteiger partial charge < -0.3 is 10.2 Å². The number of rotatable bonds is 15. The van der Waals surface area contributed by atoms with Gasteiger partial charge in [-0.2, -0.15) is 0 Å². The molecule has 252 valence electrons. The Bertz CT molecular complexity index is 1630. The number of hydrogen-bond acceptors (Lipinski definition) is 4. The van der Waals surface area contributed by atoms with Gasteiger partial charge >= 0.3 is 0 Å². The summed E-state index contributed by atoms with van der Waals surface area (Å²) in [6.45, 7) is 15.4. The molecule has 47 heavy (non-hydrogen) atoms. The van der Waals surface area contributed by atoms with Crippen LogP contribution in [0.4, 0.5) is 11.4 Å². The van der Waals surface area contributed by atoms with Gasteiger partial charge in [-0.25, -0.2) is 0 Å². The fourth-order valence-electron chi connectivity index (χ4n) is 6.08. The molecule has 0 amide bonds. The quantitative estimate of drug-likeness (QED) is 0.101. The monoisotopic (exact) mass is 634 g/mol. The third kappa shape index (κ3) is 11.1. The van der Waals surface area contributed by atoms with Crippen molar-refractivity contribution < 1.29 is 10.2 Å². The molecule has 0 aromatic heterocycles. The van der Waals surface area contributed by atoms with Gasteiger partial charge in [0.2, 0.25) is 0 Å². The van der Waals surface area contributed by atoms with Gasteiger partial charge in [0.15, 0.2) is 11.5 Å². The Hall–Kier alpha value is -3.92. The lowest BCUT2D eigenvalue weighted by atomic mass is 9.95. The van der Waals surface area contributed by atoms with Crippen molar-refractivity contribution in [3.63, 3.8) is 0 Å². The average Bonchev–Trinajstić information content (AvgIpc) is 3.09. The minimum atomic E-state index is -0.0393. The first-order chi connectivity index (χ1) is 22.8. The molecule has 0 aliphatic rings. The van der Waals surface area contributed by atoms with Gasteiger partial charge in [-0.05, 0) is 138 Å². The van der Waals surface area contributed by atoms with Crippen LogP contribution in [0.3, 0.4) is 0 Å². The van der Waals surface area contributed by atoms with Crippen molar-refractivity contribution in [2.24, 2.45) is 9.98 Å². The van der Waals surface area contributed by atoms with Gasteiger partial charge in [-0.15, -0.1) is 0 Å². The lowest BCUT2D eigenvalue weighted by Crippen LogP contribution is -2.00. The largest absolute Gasteiger partial charge is 0.504 e.